The molecule has 2 amide bonds. The second-order valence-corrected chi connectivity index (χ2v) is 9.16. The van der Waals surface area contributed by atoms with Gasteiger partial charge in [-0.1, -0.05) is 48.5 Å². The molecular formula is C26H30N2O6. The van der Waals surface area contributed by atoms with Crippen LogP contribution in [0, 0.1) is 0 Å². The van der Waals surface area contributed by atoms with Crippen LogP contribution in [-0.4, -0.2) is 53.1 Å². The van der Waals surface area contributed by atoms with Crippen LogP contribution in [0.4, 0.5) is 4.79 Å². The molecule has 1 heterocycles. The molecule has 0 radical (unpaired) electrons. The fraction of sp³-hybridized carbons (Fsp3) is 0.385. The van der Waals surface area contributed by atoms with Gasteiger partial charge in [0.1, 0.15) is 17.7 Å². The maximum atomic E-state index is 13.1. The zero-order chi connectivity index (χ0) is 24.7. The van der Waals surface area contributed by atoms with E-state index in [9.17, 15) is 19.2 Å². The summed E-state index contributed by atoms with van der Waals surface area (Å²) in [4.78, 5) is 52.4. The van der Waals surface area contributed by atoms with E-state index in [0.29, 0.717) is 19.4 Å². The molecular weight excluding hydrogens is 436 g/mol. The first-order valence-electron chi connectivity index (χ1n) is 11.3. The molecule has 1 N–H and O–H groups in total. The minimum absolute atomic E-state index is 0.132. The van der Waals surface area contributed by atoms with E-state index in [1.807, 2.05) is 30.3 Å². The molecule has 1 aliphatic heterocycles. The van der Waals surface area contributed by atoms with E-state index in [0.717, 1.165) is 5.56 Å². The summed E-state index contributed by atoms with van der Waals surface area (Å²) in [6.07, 6.45) is 0.636. The van der Waals surface area contributed by atoms with Gasteiger partial charge in [0.15, 0.2) is 0 Å². The Kier molecular flexibility index (Phi) is 8.04. The van der Waals surface area contributed by atoms with Gasteiger partial charge in [-0.2, -0.15) is 0 Å². The Morgan fingerprint density at radius 1 is 1.00 bits per heavy atom. The lowest BCUT2D eigenvalue weighted by Crippen LogP contribution is -2.52. The fourth-order valence-corrected chi connectivity index (χ4v) is 3.69. The molecule has 1 aliphatic rings. The Morgan fingerprint density at radius 2 is 1.62 bits per heavy atom. The van der Waals surface area contributed by atoms with Gasteiger partial charge in [-0.05, 0) is 51.3 Å². The lowest BCUT2D eigenvalue weighted by Gasteiger charge is -2.29. The number of amides is 2. The Bertz CT molecular complexity index is 1020. The molecule has 34 heavy (non-hydrogen) atoms. The highest BCUT2D eigenvalue weighted by molar-refractivity contribution is 5.99. The number of carbonyl (C=O) groups excluding carboxylic acids is 4. The van der Waals surface area contributed by atoms with E-state index in [-0.39, 0.29) is 12.0 Å². The molecule has 1 saturated heterocycles. The molecule has 1 fully saturated rings. The van der Waals surface area contributed by atoms with E-state index in [4.69, 9.17) is 9.47 Å². The number of rotatable bonds is 6. The van der Waals surface area contributed by atoms with E-state index >= 15 is 0 Å². The molecule has 2 aromatic carbocycles. The van der Waals surface area contributed by atoms with Gasteiger partial charge in [0.2, 0.25) is 5.91 Å². The molecule has 180 valence electrons. The number of benzene rings is 2. The standard InChI is InChI=1S/C26H30N2O6/c1-26(2,3)34-25(32)28-16-10-15-21(28)22(29)27-20(17-18-11-6-4-7-12-18)24(31)33-23(30)19-13-8-5-9-14-19/h4-9,11-14,20-21H,10,15-17H2,1-3H3,(H,27,29)/t20-,21?/m0/s1. The van der Waals surface area contributed by atoms with Crippen LogP contribution in [0.1, 0.15) is 49.5 Å². The maximum Gasteiger partial charge on any atom is 0.410 e. The molecule has 2 atom stereocenters. The minimum Gasteiger partial charge on any atom is -0.444 e. The largest absolute Gasteiger partial charge is 0.444 e. The van der Waals surface area contributed by atoms with Crippen molar-refractivity contribution in [2.45, 2.75) is 57.7 Å². The number of ether oxygens (including phenoxy) is 2. The Morgan fingerprint density at radius 3 is 2.24 bits per heavy atom. The third-order valence-corrected chi connectivity index (χ3v) is 5.27. The summed E-state index contributed by atoms with van der Waals surface area (Å²) in [5, 5.41) is 2.70. The summed E-state index contributed by atoms with van der Waals surface area (Å²) < 4.78 is 10.5. The van der Waals surface area contributed by atoms with Crippen LogP contribution in [0.25, 0.3) is 0 Å². The van der Waals surface area contributed by atoms with E-state index < -0.39 is 41.6 Å². The summed E-state index contributed by atoms with van der Waals surface area (Å²) in [6.45, 7) is 5.65. The summed E-state index contributed by atoms with van der Waals surface area (Å²) in [5.41, 5.74) is 0.317. The van der Waals surface area contributed by atoms with Crippen molar-refractivity contribution in [1.29, 1.82) is 0 Å². The normalized spacial score (nSPS) is 16.4. The van der Waals surface area contributed by atoms with Crippen molar-refractivity contribution in [3.8, 4) is 0 Å². The molecule has 8 nitrogen and oxygen atoms in total. The van der Waals surface area contributed by atoms with Crippen molar-refractivity contribution >= 4 is 23.9 Å². The maximum absolute atomic E-state index is 13.1. The van der Waals surface area contributed by atoms with Crippen LogP contribution < -0.4 is 5.32 Å². The van der Waals surface area contributed by atoms with Crippen molar-refractivity contribution in [1.82, 2.24) is 10.2 Å². The smallest absolute Gasteiger partial charge is 0.410 e. The highest BCUT2D eigenvalue weighted by atomic mass is 16.6. The molecule has 3 rings (SSSR count). The van der Waals surface area contributed by atoms with Crippen LogP contribution in [-0.2, 0) is 25.5 Å². The first-order chi connectivity index (χ1) is 16.1. The molecule has 0 bridgehead atoms. The number of hydrogen-bond acceptors (Lipinski definition) is 6. The van der Waals surface area contributed by atoms with Crippen LogP contribution >= 0.6 is 0 Å². The van der Waals surface area contributed by atoms with Crippen LogP contribution in [0.15, 0.2) is 60.7 Å². The average molecular weight is 467 g/mol. The zero-order valence-corrected chi connectivity index (χ0v) is 19.7. The number of nitrogens with one attached hydrogen (secondary N) is 1. The second-order valence-electron chi connectivity index (χ2n) is 9.16. The van der Waals surface area contributed by atoms with Crippen LogP contribution in [0.2, 0.25) is 0 Å². The topological polar surface area (TPSA) is 102 Å². The van der Waals surface area contributed by atoms with Gasteiger partial charge in [0, 0.05) is 13.0 Å². The first kappa shape index (κ1) is 25.0. The molecule has 8 heteroatoms. The van der Waals surface area contributed by atoms with E-state index in [1.54, 1.807) is 39.0 Å². The van der Waals surface area contributed by atoms with E-state index in [2.05, 4.69) is 5.32 Å². The second kappa shape index (κ2) is 11.0. The fourth-order valence-electron chi connectivity index (χ4n) is 3.69. The Labute approximate surface area is 199 Å². The van der Waals surface area contributed by atoms with Crippen molar-refractivity contribution in [2.75, 3.05) is 6.54 Å². The zero-order valence-electron chi connectivity index (χ0n) is 19.7. The molecule has 0 aromatic heterocycles. The average Bonchev–Trinajstić information content (AvgIpc) is 3.29. The van der Waals surface area contributed by atoms with Gasteiger partial charge >= 0.3 is 18.0 Å². The summed E-state index contributed by atoms with van der Waals surface area (Å²) in [5.74, 6) is -2.16. The van der Waals surface area contributed by atoms with Crippen molar-refractivity contribution in [2.24, 2.45) is 0 Å². The summed E-state index contributed by atoms with van der Waals surface area (Å²) in [7, 11) is 0. The van der Waals surface area contributed by atoms with Gasteiger partial charge in [-0.25, -0.2) is 14.4 Å². The SMILES string of the molecule is CC(C)(C)OC(=O)N1CCCC1C(=O)N[C@@H](Cc1ccccc1)C(=O)OC(=O)c1ccccc1. The molecule has 0 aliphatic carbocycles. The van der Waals surface area contributed by atoms with Crippen molar-refractivity contribution < 1.29 is 28.7 Å². The predicted molar refractivity (Wildman–Crippen MR) is 125 cm³/mol. The molecule has 0 saturated carbocycles. The molecule has 1 unspecified atom stereocenters. The van der Waals surface area contributed by atoms with Gasteiger partial charge in [0.25, 0.3) is 0 Å². The van der Waals surface area contributed by atoms with Crippen LogP contribution in [0.3, 0.4) is 0 Å². The Balaban J connectivity index is 1.74. The number of esters is 2. The number of hydrogen-bond donors (Lipinski definition) is 1. The monoisotopic (exact) mass is 466 g/mol. The third-order valence-electron chi connectivity index (χ3n) is 5.27. The highest BCUT2D eigenvalue weighted by Crippen LogP contribution is 2.21. The third kappa shape index (κ3) is 6.91. The first-order valence-corrected chi connectivity index (χ1v) is 11.3. The predicted octanol–water partition coefficient (Wildman–Crippen LogP) is 3.50. The van der Waals surface area contributed by atoms with Gasteiger partial charge in [-0.3, -0.25) is 9.69 Å². The molecule has 2 aromatic rings. The van der Waals surface area contributed by atoms with Gasteiger partial charge in [0.05, 0.1) is 5.56 Å². The lowest BCUT2D eigenvalue weighted by atomic mass is 10.1. The number of carbonyl (C=O) groups is 4. The van der Waals surface area contributed by atoms with Crippen molar-refractivity contribution in [3.63, 3.8) is 0 Å². The number of likely N-dealkylation sites (tertiary alicyclic amines) is 1. The quantitative estimate of drug-likeness (QED) is 0.517. The highest BCUT2D eigenvalue weighted by Gasteiger charge is 2.38. The van der Waals surface area contributed by atoms with E-state index in [1.165, 1.54) is 17.0 Å². The van der Waals surface area contributed by atoms with Crippen LogP contribution in [0.5, 0.6) is 0 Å². The summed E-state index contributed by atoms with van der Waals surface area (Å²) >= 11 is 0. The minimum atomic E-state index is -1.11. The van der Waals surface area contributed by atoms with Crippen molar-refractivity contribution in [3.05, 3.63) is 71.8 Å². The molecule has 0 spiro atoms. The lowest BCUT2D eigenvalue weighted by molar-refractivity contribution is -0.143. The summed E-state index contributed by atoms with van der Waals surface area (Å²) in [6, 6.07) is 15.4. The van der Waals surface area contributed by atoms with Gasteiger partial charge < -0.3 is 14.8 Å². The number of nitrogens with zero attached hydrogens (tertiary/aromatic N) is 1. The van der Waals surface area contributed by atoms with Gasteiger partial charge in [-0.15, -0.1) is 0 Å². The Hall–Kier alpha value is -3.68.